The van der Waals surface area contributed by atoms with E-state index in [-0.39, 0.29) is 0 Å². The van der Waals surface area contributed by atoms with Crippen LogP contribution in [0.25, 0.3) is 0 Å². The number of ether oxygens (including phenoxy) is 1. The summed E-state index contributed by atoms with van der Waals surface area (Å²) >= 11 is 12.1. The van der Waals surface area contributed by atoms with Crippen LogP contribution in [0, 0.1) is 0 Å². The van der Waals surface area contributed by atoms with E-state index in [1.807, 2.05) is 12.1 Å². The first-order chi connectivity index (χ1) is 13.2. The van der Waals surface area contributed by atoms with Crippen molar-refractivity contribution >= 4 is 29.0 Å². The molecule has 0 saturated heterocycles. The molecule has 27 heavy (non-hydrogen) atoms. The van der Waals surface area contributed by atoms with E-state index in [9.17, 15) is 0 Å². The van der Waals surface area contributed by atoms with Crippen molar-refractivity contribution in [1.82, 2.24) is 15.3 Å². The van der Waals surface area contributed by atoms with Crippen molar-refractivity contribution < 1.29 is 4.74 Å². The van der Waals surface area contributed by atoms with E-state index in [2.05, 4.69) is 20.6 Å². The Morgan fingerprint density at radius 1 is 1.15 bits per heavy atom. The highest BCUT2D eigenvalue weighted by Gasteiger charge is 2.24. The van der Waals surface area contributed by atoms with Crippen LogP contribution in [0.2, 0.25) is 10.0 Å². The molecule has 2 fully saturated rings. The maximum atomic E-state index is 6.23. The molecule has 2 aliphatic rings. The van der Waals surface area contributed by atoms with Crippen molar-refractivity contribution in [1.29, 1.82) is 0 Å². The Morgan fingerprint density at radius 3 is 2.67 bits per heavy atom. The maximum Gasteiger partial charge on any atom is 0.143 e. The molecule has 5 nitrogen and oxygen atoms in total. The fourth-order valence-electron chi connectivity index (χ4n) is 2.86. The van der Waals surface area contributed by atoms with E-state index in [0.29, 0.717) is 28.4 Å². The summed E-state index contributed by atoms with van der Waals surface area (Å²) in [6.07, 6.45) is 9.45. The molecule has 142 valence electrons. The molecule has 0 aliphatic heterocycles. The zero-order valence-corrected chi connectivity index (χ0v) is 16.5. The second-order valence-electron chi connectivity index (χ2n) is 6.96. The summed E-state index contributed by atoms with van der Waals surface area (Å²) in [6, 6.07) is 6.10. The van der Waals surface area contributed by atoms with Crippen molar-refractivity contribution in [3.05, 3.63) is 57.6 Å². The molecule has 0 atom stereocenters. The highest BCUT2D eigenvalue weighted by atomic mass is 35.5. The van der Waals surface area contributed by atoms with Gasteiger partial charge in [0.1, 0.15) is 23.2 Å². The lowest BCUT2D eigenvalue weighted by molar-refractivity contribution is 0.301. The van der Waals surface area contributed by atoms with Gasteiger partial charge >= 0.3 is 0 Å². The zero-order chi connectivity index (χ0) is 18.6. The van der Waals surface area contributed by atoms with Gasteiger partial charge in [-0.25, -0.2) is 4.98 Å². The number of hydrogen-bond donors (Lipinski definition) is 2. The molecule has 2 N–H and O–H groups in total. The summed E-state index contributed by atoms with van der Waals surface area (Å²) in [5.74, 6) is 1.33. The van der Waals surface area contributed by atoms with Gasteiger partial charge in [-0.3, -0.25) is 4.98 Å². The van der Waals surface area contributed by atoms with Gasteiger partial charge in [0.25, 0.3) is 0 Å². The molecule has 0 unspecified atom stereocenters. The third-order valence-electron chi connectivity index (χ3n) is 4.77. The number of hydrogen-bond acceptors (Lipinski definition) is 5. The highest BCUT2D eigenvalue weighted by Crippen LogP contribution is 2.31. The molecule has 0 bridgehead atoms. The van der Waals surface area contributed by atoms with Crippen molar-refractivity contribution in [3.8, 4) is 5.75 Å². The summed E-state index contributed by atoms with van der Waals surface area (Å²) in [7, 11) is 0. The van der Waals surface area contributed by atoms with E-state index in [4.69, 9.17) is 27.9 Å². The molecule has 2 aromatic rings. The average Bonchev–Trinajstić information content (AvgIpc) is 3.43. The fraction of sp³-hybridized carbons (Fsp3) is 0.400. The van der Waals surface area contributed by atoms with Gasteiger partial charge in [0.15, 0.2) is 0 Å². The fourth-order valence-corrected chi connectivity index (χ4v) is 3.13. The van der Waals surface area contributed by atoms with Gasteiger partial charge in [-0.05, 0) is 49.8 Å². The van der Waals surface area contributed by atoms with Crippen LogP contribution in [0.4, 0.5) is 5.82 Å². The minimum absolute atomic E-state index is 0.318. The molecule has 7 heteroatoms. The number of rotatable bonds is 8. The number of pyridine rings is 2. The number of nitrogens with one attached hydrogen (secondary N) is 2. The number of anilines is 1. The Morgan fingerprint density at radius 2 is 2.00 bits per heavy atom. The number of nitrogens with zero attached hydrogens (tertiary/aromatic N) is 2. The predicted molar refractivity (Wildman–Crippen MR) is 108 cm³/mol. The quantitative estimate of drug-likeness (QED) is 0.650. The van der Waals surface area contributed by atoms with Crippen molar-refractivity contribution in [2.45, 2.75) is 44.8 Å². The van der Waals surface area contributed by atoms with Crippen LogP contribution in [0.15, 0.2) is 41.9 Å². The van der Waals surface area contributed by atoms with Crippen LogP contribution in [0.1, 0.15) is 37.8 Å². The molecule has 2 aromatic heterocycles. The minimum Gasteiger partial charge on any atom is -0.486 e. The first-order valence-corrected chi connectivity index (χ1v) is 10.0. The molecule has 2 heterocycles. The molecule has 2 aliphatic carbocycles. The third-order valence-corrected chi connectivity index (χ3v) is 5.28. The predicted octanol–water partition coefficient (Wildman–Crippen LogP) is 4.96. The molecule has 0 amide bonds. The maximum absolute atomic E-state index is 6.23. The van der Waals surface area contributed by atoms with Crippen LogP contribution in [0.3, 0.4) is 0 Å². The highest BCUT2D eigenvalue weighted by molar-refractivity contribution is 6.32. The van der Waals surface area contributed by atoms with E-state index in [0.717, 1.165) is 18.1 Å². The summed E-state index contributed by atoms with van der Waals surface area (Å²) < 4.78 is 5.82. The topological polar surface area (TPSA) is 59.1 Å². The van der Waals surface area contributed by atoms with Gasteiger partial charge in [-0.2, -0.15) is 0 Å². The summed E-state index contributed by atoms with van der Waals surface area (Å²) in [6.45, 7) is 1.07. The summed E-state index contributed by atoms with van der Waals surface area (Å²) in [5.41, 5.74) is 3.65. The SMILES string of the molecule is Clc1ccc(COc2cc(NCC(NC3CC3)=C3CCC3)ncc2Cl)nc1. The lowest BCUT2D eigenvalue weighted by Gasteiger charge is -2.24. The van der Waals surface area contributed by atoms with Crippen molar-refractivity contribution in [2.75, 3.05) is 11.9 Å². The normalized spacial score (nSPS) is 15.9. The van der Waals surface area contributed by atoms with E-state index in [1.54, 1.807) is 18.5 Å². The molecule has 0 spiro atoms. The second kappa shape index (κ2) is 8.36. The number of allylic oxidation sites excluding steroid dienone is 1. The smallest absolute Gasteiger partial charge is 0.143 e. The molecular weight excluding hydrogens is 383 g/mol. The Kier molecular flexibility index (Phi) is 5.69. The van der Waals surface area contributed by atoms with Gasteiger partial charge in [0, 0.05) is 24.0 Å². The Bertz CT molecular complexity index is 828. The van der Waals surface area contributed by atoms with Gasteiger partial charge in [-0.1, -0.05) is 23.2 Å². The monoisotopic (exact) mass is 404 g/mol. The van der Waals surface area contributed by atoms with Gasteiger partial charge in [0.2, 0.25) is 0 Å². The van der Waals surface area contributed by atoms with Crippen molar-refractivity contribution in [2.24, 2.45) is 0 Å². The first-order valence-electron chi connectivity index (χ1n) is 9.27. The van der Waals surface area contributed by atoms with Crippen LogP contribution >= 0.6 is 23.2 Å². The van der Waals surface area contributed by atoms with Crippen LogP contribution in [0.5, 0.6) is 5.75 Å². The van der Waals surface area contributed by atoms with Crippen LogP contribution < -0.4 is 15.4 Å². The molecular formula is C20H22Cl2N4O. The lowest BCUT2D eigenvalue weighted by atomic mass is 9.90. The van der Waals surface area contributed by atoms with E-state index < -0.39 is 0 Å². The van der Waals surface area contributed by atoms with Gasteiger partial charge in [-0.15, -0.1) is 0 Å². The van der Waals surface area contributed by atoms with Crippen molar-refractivity contribution in [3.63, 3.8) is 0 Å². The van der Waals surface area contributed by atoms with E-state index >= 15 is 0 Å². The Labute approximate surface area is 169 Å². The van der Waals surface area contributed by atoms with Gasteiger partial charge in [0.05, 0.1) is 23.5 Å². The zero-order valence-electron chi connectivity index (χ0n) is 15.0. The Balaban J connectivity index is 1.38. The molecule has 0 radical (unpaired) electrons. The first kappa shape index (κ1) is 18.4. The standard InChI is InChI=1S/C20H22Cl2N4O/c21-14-4-5-16(23-9-14)12-27-19-8-20(24-10-17(19)22)25-11-18(13-2-1-3-13)26-15-6-7-15/h4-5,8-10,15,26H,1-3,6-7,11-12H2,(H,24,25). The average molecular weight is 405 g/mol. The molecule has 2 saturated carbocycles. The summed E-state index contributed by atoms with van der Waals surface area (Å²) in [4.78, 5) is 8.60. The number of aromatic nitrogens is 2. The van der Waals surface area contributed by atoms with E-state index in [1.165, 1.54) is 43.4 Å². The van der Waals surface area contributed by atoms with Crippen LogP contribution in [-0.2, 0) is 6.61 Å². The summed E-state index contributed by atoms with van der Waals surface area (Å²) in [5, 5.41) is 8.13. The lowest BCUT2D eigenvalue weighted by Crippen LogP contribution is -2.25. The minimum atomic E-state index is 0.318. The second-order valence-corrected chi connectivity index (χ2v) is 7.81. The van der Waals surface area contributed by atoms with Crippen LogP contribution in [-0.4, -0.2) is 22.6 Å². The third kappa shape index (κ3) is 5.05. The number of halogens is 2. The molecule has 0 aromatic carbocycles. The Hall–Kier alpha value is -1.98. The van der Waals surface area contributed by atoms with Gasteiger partial charge < -0.3 is 15.4 Å². The largest absolute Gasteiger partial charge is 0.486 e. The molecule has 4 rings (SSSR count).